The molecule has 0 bridgehead atoms. The van der Waals surface area contributed by atoms with Crippen LogP contribution in [-0.2, 0) is 17.8 Å². The first-order valence-corrected chi connectivity index (χ1v) is 10.6. The summed E-state index contributed by atoms with van der Waals surface area (Å²) in [6, 6.07) is 17.6. The first kappa shape index (κ1) is 24.2. The molecule has 0 aliphatic carbocycles. The maximum atomic E-state index is 12.6. The van der Waals surface area contributed by atoms with Gasteiger partial charge in [-0.15, -0.1) is 0 Å². The zero-order valence-electron chi connectivity index (χ0n) is 18.9. The van der Waals surface area contributed by atoms with Crippen molar-refractivity contribution in [3.63, 3.8) is 0 Å². The van der Waals surface area contributed by atoms with Crippen LogP contribution >= 0.6 is 0 Å². The fourth-order valence-corrected chi connectivity index (χ4v) is 3.58. The average molecular weight is 463 g/mol. The molecule has 0 radical (unpaired) electrons. The molecule has 1 amide bonds. The summed E-state index contributed by atoms with van der Waals surface area (Å²) in [6.45, 7) is 2.21. The first-order chi connectivity index (χ1) is 16.5. The summed E-state index contributed by atoms with van der Waals surface area (Å²) < 4.78 is 6.19. The lowest BCUT2D eigenvalue weighted by atomic mass is 10.1. The monoisotopic (exact) mass is 462 g/mol. The number of phenols is 1. The number of rotatable bonds is 7. The number of carbonyl (C=O) groups excluding carboxylic acids is 1. The largest absolute Gasteiger partial charge is 0.507 e. The zero-order valence-corrected chi connectivity index (χ0v) is 18.9. The van der Waals surface area contributed by atoms with Crippen LogP contribution in [0.2, 0.25) is 0 Å². The highest BCUT2D eigenvalue weighted by atomic mass is 16.5. The average Bonchev–Trinajstić information content (AvgIpc) is 2.83. The molecule has 1 atom stereocenters. The van der Waals surface area contributed by atoms with E-state index in [9.17, 15) is 19.5 Å². The number of aromatic hydroxyl groups is 1. The number of methoxy groups -OCH3 is 1. The Balaban J connectivity index is 0.000000229. The fourth-order valence-electron chi connectivity index (χ4n) is 3.58. The van der Waals surface area contributed by atoms with Gasteiger partial charge in [0, 0.05) is 12.2 Å². The highest BCUT2D eigenvalue weighted by molar-refractivity contribution is 5.83. The first-order valence-electron chi connectivity index (χ1n) is 10.6. The number of hydrogen-bond acceptors (Lipinski definition) is 6. The van der Waals surface area contributed by atoms with Gasteiger partial charge in [0.05, 0.1) is 19.2 Å². The van der Waals surface area contributed by atoms with Crippen LogP contribution in [0.25, 0.3) is 10.9 Å². The van der Waals surface area contributed by atoms with Gasteiger partial charge in [-0.2, -0.15) is 0 Å². The second-order valence-electron chi connectivity index (χ2n) is 7.49. The van der Waals surface area contributed by atoms with Gasteiger partial charge in [0.15, 0.2) is 0 Å². The molecule has 176 valence electrons. The molecule has 0 saturated carbocycles. The molecular weight excluding hydrogens is 436 g/mol. The summed E-state index contributed by atoms with van der Waals surface area (Å²) >= 11 is 0. The van der Waals surface area contributed by atoms with Gasteiger partial charge in [-0.3, -0.25) is 19.1 Å². The lowest BCUT2D eigenvalue weighted by Gasteiger charge is -2.15. The number of nitrogens with zero attached hydrogens (tertiary/aromatic N) is 2. The maximum absolute atomic E-state index is 12.6. The molecule has 0 unspecified atom stereocenters. The topological polar surface area (TPSA) is 126 Å². The Bertz CT molecular complexity index is 1370. The number of ether oxygens (including phenoxy) is 1. The Labute approximate surface area is 195 Å². The van der Waals surface area contributed by atoms with Crippen molar-refractivity contribution in [1.82, 2.24) is 19.9 Å². The van der Waals surface area contributed by atoms with Crippen LogP contribution in [0.5, 0.6) is 11.5 Å². The number of benzene rings is 2. The standard InChI is InChI=1S/C17H16N2O3.C8H10N2O2/c1-11(10-12-6-3-2-4-7-12)19-16(21)15-13(18-17(19)22)8-5-9-14(15)20;1-12-8-3-2-4-10-7(8)5-9-6-11/h2-9,11,20H,10H2,1H3,(H,18,22);2-4,6H,5H2,1H3,(H,9,11)/t11-;/m0./s1. The number of H-pyrrole nitrogens is 1. The van der Waals surface area contributed by atoms with Gasteiger partial charge in [-0.05, 0) is 43.2 Å². The predicted molar refractivity (Wildman–Crippen MR) is 129 cm³/mol. The number of pyridine rings is 1. The van der Waals surface area contributed by atoms with Crippen molar-refractivity contribution in [2.75, 3.05) is 7.11 Å². The number of aromatic nitrogens is 3. The highest BCUT2D eigenvalue weighted by Gasteiger charge is 2.16. The van der Waals surface area contributed by atoms with Crippen LogP contribution in [0.4, 0.5) is 0 Å². The van der Waals surface area contributed by atoms with E-state index in [2.05, 4.69) is 15.3 Å². The quantitative estimate of drug-likeness (QED) is 0.362. The van der Waals surface area contributed by atoms with Crippen molar-refractivity contribution in [2.45, 2.75) is 25.9 Å². The number of nitrogens with one attached hydrogen (secondary N) is 2. The molecule has 0 aliphatic heterocycles. The van der Waals surface area contributed by atoms with Crippen molar-refractivity contribution in [2.24, 2.45) is 0 Å². The Hall–Kier alpha value is -4.40. The molecular formula is C25H26N4O5. The summed E-state index contributed by atoms with van der Waals surface area (Å²) in [4.78, 5) is 41.5. The summed E-state index contributed by atoms with van der Waals surface area (Å²) in [5.41, 5.74) is 1.18. The molecule has 2 aromatic carbocycles. The van der Waals surface area contributed by atoms with Crippen LogP contribution in [0, 0.1) is 0 Å². The number of aromatic amines is 1. The van der Waals surface area contributed by atoms with Crippen LogP contribution in [0.1, 0.15) is 24.2 Å². The summed E-state index contributed by atoms with van der Waals surface area (Å²) in [5.74, 6) is 0.561. The van der Waals surface area contributed by atoms with E-state index in [1.165, 1.54) is 6.07 Å². The van der Waals surface area contributed by atoms with Crippen molar-refractivity contribution in [1.29, 1.82) is 0 Å². The van der Waals surface area contributed by atoms with E-state index < -0.39 is 11.2 Å². The zero-order chi connectivity index (χ0) is 24.5. The van der Waals surface area contributed by atoms with Crippen LogP contribution in [0.15, 0.2) is 76.4 Å². The minimum Gasteiger partial charge on any atom is -0.507 e. The van der Waals surface area contributed by atoms with E-state index in [1.54, 1.807) is 37.6 Å². The normalized spacial score (nSPS) is 11.2. The van der Waals surface area contributed by atoms with Crippen molar-refractivity contribution in [3.05, 3.63) is 99.0 Å². The van der Waals surface area contributed by atoms with Crippen LogP contribution in [0.3, 0.4) is 0 Å². The van der Waals surface area contributed by atoms with Crippen molar-refractivity contribution in [3.8, 4) is 11.5 Å². The Morgan fingerprint density at radius 3 is 2.59 bits per heavy atom. The molecule has 0 spiro atoms. The Morgan fingerprint density at radius 1 is 1.12 bits per heavy atom. The highest BCUT2D eigenvalue weighted by Crippen LogP contribution is 2.19. The smallest absolute Gasteiger partial charge is 0.329 e. The van der Waals surface area contributed by atoms with E-state index in [1.807, 2.05) is 37.3 Å². The van der Waals surface area contributed by atoms with Gasteiger partial charge >= 0.3 is 5.69 Å². The number of hydrogen-bond donors (Lipinski definition) is 3. The molecule has 34 heavy (non-hydrogen) atoms. The molecule has 0 fully saturated rings. The molecule has 2 heterocycles. The third-order valence-corrected chi connectivity index (χ3v) is 5.17. The molecule has 0 saturated heterocycles. The predicted octanol–water partition coefficient (Wildman–Crippen LogP) is 2.54. The van der Waals surface area contributed by atoms with Crippen LogP contribution < -0.4 is 21.3 Å². The molecule has 0 aliphatic rings. The lowest BCUT2D eigenvalue weighted by Crippen LogP contribution is -2.37. The minimum absolute atomic E-state index is 0.126. The molecule has 2 aromatic heterocycles. The molecule has 4 rings (SSSR count). The van der Waals surface area contributed by atoms with Gasteiger partial charge in [0.1, 0.15) is 22.6 Å². The fraction of sp³-hybridized carbons (Fsp3) is 0.200. The summed E-state index contributed by atoms with van der Waals surface area (Å²) in [6.07, 6.45) is 2.85. The second-order valence-corrected chi connectivity index (χ2v) is 7.49. The number of amides is 1. The van der Waals surface area contributed by atoms with E-state index in [4.69, 9.17) is 4.74 Å². The van der Waals surface area contributed by atoms with Gasteiger partial charge in [0.25, 0.3) is 5.56 Å². The Kier molecular flexibility index (Phi) is 8.17. The van der Waals surface area contributed by atoms with Gasteiger partial charge < -0.3 is 20.1 Å². The van der Waals surface area contributed by atoms with Crippen LogP contribution in [-0.4, -0.2) is 33.2 Å². The van der Waals surface area contributed by atoms with E-state index in [-0.39, 0.29) is 17.2 Å². The third kappa shape index (κ3) is 5.69. The van der Waals surface area contributed by atoms with Gasteiger partial charge in [-0.1, -0.05) is 36.4 Å². The van der Waals surface area contributed by atoms with E-state index in [0.717, 1.165) is 15.8 Å². The van der Waals surface area contributed by atoms with Gasteiger partial charge in [-0.25, -0.2) is 4.79 Å². The number of fused-ring (bicyclic) bond motifs is 1. The number of carbonyl (C=O) groups is 1. The number of phenolic OH excluding ortho intramolecular Hbond substituents is 1. The third-order valence-electron chi connectivity index (χ3n) is 5.17. The summed E-state index contributed by atoms with van der Waals surface area (Å²) in [5, 5.41) is 12.6. The Morgan fingerprint density at radius 2 is 1.88 bits per heavy atom. The van der Waals surface area contributed by atoms with E-state index >= 15 is 0 Å². The summed E-state index contributed by atoms with van der Waals surface area (Å²) in [7, 11) is 1.57. The molecule has 9 nitrogen and oxygen atoms in total. The van der Waals surface area contributed by atoms with E-state index in [0.29, 0.717) is 30.6 Å². The van der Waals surface area contributed by atoms with Crippen molar-refractivity contribution < 1.29 is 14.6 Å². The second kappa shape index (κ2) is 11.5. The molecule has 9 heteroatoms. The molecule has 4 aromatic rings. The minimum atomic E-state index is -0.472. The SMILES string of the molecule is COc1cccnc1CNC=O.C[C@@H](Cc1ccccc1)n1c(=O)[nH]c2cccc(O)c2c1=O. The maximum Gasteiger partial charge on any atom is 0.329 e. The van der Waals surface area contributed by atoms with Crippen molar-refractivity contribution >= 4 is 17.3 Å². The lowest BCUT2D eigenvalue weighted by molar-refractivity contribution is -0.109. The molecule has 3 N–H and O–H groups in total. The van der Waals surface area contributed by atoms with Gasteiger partial charge in [0.2, 0.25) is 6.41 Å².